The van der Waals surface area contributed by atoms with Gasteiger partial charge in [-0.25, -0.2) is 4.39 Å². The maximum atomic E-state index is 14.6. The number of rotatable bonds is 13. The molecule has 3 aromatic carbocycles. The first-order valence-corrected chi connectivity index (χ1v) is 13.6. The minimum atomic E-state index is -0.743. The highest BCUT2D eigenvalue weighted by Gasteiger charge is 2.31. The van der Waals surface area contributed by atoms with Crippen molar-refractivity contribution >= 4 is 23.6 Å². The molecule has 0 aliphatic heterocycles. The van der Waals surface area contributed by atoms with Crippen LogP contribution in [0.3, 0.4) is 0 Å². The molecule has 0 aliphatic rings. The lowest BCUT2D eigenvalue weighted by Crippen LogP contribution is -2.52. The second kappa shape index (κ2) is 14.4. The predicted molar refractivity (Wildman–Crippen MR) is 146 cm³/mol. The molecule has 0 aromatic heterocycles. The Morgan fingerprint density at radius 1 is 0.917 bits per heavy atom. The van der Waals surface area contributed by atoms with Crippen LogP contribution in [0.4, 0.5) is 4.39 Å². The lowest BCUT2D eigenvalue weighted by Gasteiger charge is -2.32. The first-order valence-electron chi connectivity index (χ1n) is 12.5. The Hall–Kier alpha value is -3.12. The average Bonchev–Trinajstić information content (AvgIpc) is 2.90. The first kappa shape index (κ1) is 27.5. The molecule has 0 radical (unpaired) electrons. The highest BCUT2D eigenvalue weighted by atomic mass is 32.2. The zero-order valence-electron chi connectivity index (χ0n) is 21.0. The Kier molecular flexibility index (Phi) is 11.0. The molecule has 1 N–H and O–H groups in total. The van der Waals surface area contributed by atoms with E-state index in [1.54, 1.807) is 34.9 Å². The smallest absolute Gasteiger partial charge is 0.243 e. The Bertz CT molecular complexity index is 1090. The molecule has 2 amide bonds. The van der Waals surface area contributed by atoms with Crippen molar-refractivity contribution in [3.63, 3.8) is 0 Å². The monoisotopic (exact) mass is 506 g/mol. The normalized spacial score (nSPS) is 12.5. The number of hydrogen-bond acceptors (Lipinski definition) is 3. The van der Waals surface area contributed by atoms with Crippen molar-refractivity contribution in [2.75, 3.05) is 5.75 Å². The lowest BCUT2D eigenvalue weighted by atomic mass is 10.0. The molecule has 0 fully saturated rings. The van der Waals surface area contributed by atoms with E-state index in [0.29, 0.717) is 17.7 Å². The van der Waals surface area contributed by atoms with Crippen molar-refractivity contribution in [2.45, 2.75) is 57.5 Å². The van der Waals surface area contributed by atoms with Crippen LogP contribution in [0.15, 0.2) is 84.9 Å². The molecule has 36 heavy (non-hydrogen) atoms. The molecule has 0 bridgehead atoms. The maximum Gasteiger partial charge on any atom is 0.243 e. The first-order chi connectivity index (χ1) is 17.5. The number of nitrogens with zero attached hydrogens (tertiary/aromatic N) is 1. The highest BCUT2D eigenvalue weighted by Crippen LogP contribution is 2.20. The van der Waals surface area contributed by atoms with Crippen molar-refractivity contribution < 1.29 is 14.0 Å². The number of thioether (sulfide) groups is 1. The molecule has 4 nitrogen and oxygen atoms in total. The van der Waals surface area contributed by atoms with Crippen LogP contribution in [0, 0.1) is 5.82 Å². The van der Waals surface area contributed by atoms with E-state index in [4.69, 9.17) is 0 Å². The molecule has 3 aromatic rings. The van der Waals surface area contributed by atoms with Gasteiger partial charge >= 0.3 is 0 Å². The molecular weight excluding hydrogens is 471 g/mol. The Labute approximate surface area is 218 Å². The third-order valence-corrected chi connectivity index (χ3v) is 7.17. The summed E-state index contributed by atoms with van der Waals surface area (Å²) in [6, 6.07) is 25.4. The minimum absolute atomic E-state index is 0.0254. The van der Waals surface area contributed by atoms with Gasteiger partial charge in [0.2, 0.25) is 11.8 Å². The van der Waals surface area contributed by atoms with Crippen LogP contribution in [0.2, 0.25) is 0 Å². The summed E-state index contributed by atoms with van der Waals surface area (Å²) in [7, 11) is 0. The van der Waals surface area contributed by atoms with Gasteiger partial charge in [-0.1, -0.05) is 85.8 Å². The summed E-state index contributed by atoms with van der Waals surface area (Å²) in [5.41, 5.74) is 2.55. The summed E-state index contributed by atoms with van der Waals surface area (Å²) in [6.45, 7) is 3.99. The lowest BCUT2D eigenvalue weighted by molar-refractivity contribution is -0.141. The number of nitrogens with one attached hydrogen (secondary N) is 1. The topological polar surface area (TPSA) is 49.4 Å². The van der Waals surface area contributed by atoms with Gasteiger partial charge in [0.05, 0.1) is 0 Å². The SMILES string of the molecule is CC[C@@H](C)NC(=O)[C@@H](Cc1ccccc1)N(Cc1ccccc1F)C(=O)CCSCc1ccccc1. The molecule has 190 valence electrons. The largest absolute Gasteiger partial charge is 0.352 e. The fourth-order valence-electron chi connectivity index (χ4n) is 3.87. The third-order valence-electron chi connectivity index (χ3n) is 6.14. The maximum absolute atomic E-state index is 14.6. The van der Waals surface area contributed by atoms with E-state index >= 15 is 0 Å². The number of halogens is 1. The summed E-state index contributed by atoms with van der Waals surface area (Å²) >= 11 is 1.68. The van der Waals surface area contributed by atoms with E-state index < -0.39 is 6.04 Å². The second-order valence-electron chi connectivity index (χ2n) is 8.92. The molecule has 2 atom stereocenters. The number of carbonyl (C=O) groups excluding carboxylic acids is 2. The van der Waals surface area contributed by atoms with Gasteiger partial charge in [-0.15, -0.1) is 0 Å². The van der Waals surface area contributed by atoms with Crippen LogP contribution < -0.4 is 5.32 Å². The van der Waals surface area contributed by atoms with E-state index in [2.05, 4.69) is 17.4 Å². The Morgan fingerprint density at radius 2 is 1.53 bits per heavy atom. The quantitative estimate of drug-likeness (QED) is 0.289. The number of amides is 2. The standard InChI is InChI=1S/C30H35FN2O2S/c1-3-23(2)32-30(35)28(20-24-12-6-4-7-13-24)33(21-26-16-10-11-17-27(26)31)29(34)18-19-36-22-25-14-8-5-9-15-25/h4-17,23,28H,3,18-22H2,1-2H3,(H,32,35)/t23-,28-/m1/s1. The second-order valence-corrected chi connectivity index (χ2v) is 10.0. The van der Waals surface area contributed by atoms with Gasteiger partial charge in [0.1, 0.15) is 11.9 Å². The molecule has 0 aliphatic carbocycles. The highest BCUT2D eigenvalue weighted by molar-refractivity contribution is 7.98. The number of carbonyl (C=O) groups is 2. The fraction of sp³-hybridized carbons (Fsp3) is 0.333. The van der Waals surface area contributed by atoms with E-state index in [9.17, 15) is 14.0 Å². The summed E-state index contributed by atoms with van der Waals surface area (Å²) < 4.78 is 14.6. The molecule has 0 heterocycles. The van der Waals surface area contributed by atoms with Gasteiger partial charge in [-0.3, -0.25) is 9.59 Å². The predicted octanol–water partition coefficient (Wildman–Crippen LogP) is 6.00. The number of benzene rings is 3. The van der Waals surface area contributed by atoms with Crippen molar-refractivity contribution in [2.24, 2.45) is 0 Å². The van der Waals surface area contributed by atoms with Gasteiger partial charge in [-0.05, 0) is 30.5 Å². The van der Waals surface area contributed by atoms with Gasteiger partial charge in [0.25, 0.3) is 0 Å². The van der Waals surface area contributed by atoms with E-state index in [1.165, 1.54) is 11.6 Å². The van der Waals surface area contributed by atoms with Crippen LogP contribution in [-0.2, 0) is 28.3 Å². The molecule has 3 rings (SSSR count). The zero-order chi connectivity index (χ0) is 25.8. The van der Waals surface area contributed by atoms with Gasteiger partial charge in [0, 0.05) is 42.5 Å². The van der Waals surface area contributed by atoms with E-state index in [0.717, 1.165) is 17.7 Å². The van der Waals surface area contributed by atoms with Gasteiger partial charge in [0.15, 0.2) is 0 Å². The van der Waals surface area contributed by atoms with Crippen LogP contribution in [0.5, 0.6) is 0 Å². The summed E-state index contributed by atoms with van der Waals surface area (Å²) in [6.07, 6.45) is 1.41. The van der Waals surface area contributed by atoms with Crippen molar-refractivity contribution in [1.29, 1.82) is 0 Å². The van der Waals surface area contributed by atoms with Crippen molar-refractivity contribution in [3.05, 3.63) is 107 Å². The van der Waals surface area contributed by atoms with Crippen LogP contribution in [0.1, 0.15) is 43.4 Å². The molecule has 6 heteroatoms. The minimum Gasteiger partial charge on any atom is -0.352 e. The van der Waals surface area contributed by atoms with Gasteiger partial charge in [-0.2, -0.15) is 11.8 Å². The summed E-state index contributed by atoms with van der Waals surface area (Å²) in [4.78, 5) is 28.6. The van der Waals surface area contributed by atoms with Crippen LogP contribution in [0.25, 0.3) is 0 Å². The molecule has 0 saturated heterocycles. The Morgan fingerprint density at radius 3 is 2.17 bits per heavy atom. The third kappa shape index (κ3) is 8.52. The van der Waals surface area contributed by atoms with E-state index in [1.807, 2.05) is 62.4 Å². The summed E-state index contributed by atoms with van der Waals surface area (Å²) in [5, 5.41) is 3.04. The molecular formula is C30H35FN2O2S. The summed E-state index contributed by atoms with van der Waals surface area (Å²) in [5.74, 6) is 0.680. The Balaban J connectivity index is 1.81. The average molecular weight is 507 g/mol. The fourth-order valence-corrected chi connectivity index (χ4v) is 4.76. The zero-order valence-corrected chi connectivity index (χ0v) is 21.8. The molecule has 0 spiro atoms. The van der Waals surface area contributed by atoms with Crippen LogP contribution >= 0.6 is 11.8 Å². The molecule has 0 saturated carbocycles. The van der Waals surface area contributed by atoms with Gasteiger partial charge < -0.3 is 10.2 Å². The molecule has 0 unspecified atom stereocenters. The van der Waals surface area contributed by atoms with Crippen molar-refractivity contribution in [3.8, 4) is 0 Å². The van der Waals surface area contributed by atoms with Crippen LogP contribution in [-0.4, -0.2) is 34.6 Å². The van der Waals surface area contributed by atoms with Crippen molar-refractivity contribution in [1.82, 2.24) is 10.2 Å². The number of hydrogen-bond donors (Lipinski definition) is 1. The van der Waals surface area contributed by atoms with E-state index in [-0.39, 0.29) is 36.6 Å².